The maximum atomic E-state index is 12.0. The first-order valence-electron chi connectivity index (χ1n) is 9.30. The van der Waals surface area contributed by atoms with Crippen LogP contribution in [-0.4, -0.2) is 31.8 Å². The first-order chi connectivity index (χ1) is 11.8. The quantitative estimate of drug-likeness (QED) is 0.485. The minimum Gasteiger partial charge on any atom is -0.494 e. The number of benzene rings is 1. The summed E-state index contributed by atoms with van der Waals surface area (Å²) >= 11 is 0. The fourth-order valence-corrected chi connectivity index (χ4v) is 3.47. The summed E-state index contributed by atoms with van der Waals surface area (Å²) in [6, 6.07) is 7.70. The van der Waals surface area contributed by atoms with Crippen LogP contribution in [0.2, 0.25) is 0 Å². The summed E-state index contributed by atoms with van der Waals surface area (Å²) < 4.78 is 29.0. The van der Waals surface area contributed by atoms with Crippen molar-refractivity contribution in [3.05, 3.63) is 29.8 Å². The Morgan fingerprint density at radius 3 is 2.32 bits per heavy atom. The Hall–Kier alpha value is -1.36. The summed E-state index contributed by atoms with van der Waals surface area (Å²) in [5, 5.41) is -0.317. The smallest absolute Gasteiger partial charge is 0.152 e. The largest absolute Gasteiger partial charge is 0.494 e. The minimum atomic E-state index is -2.96. The van der Waals surface area contributed by atoms with E-state index in [2.05, 4.69) is 6.92 Å². The van der Waals surface area contributed by atoms with E-state index in [1.54, 1.807) is 13.8 Å². The minimum absolute atomic E-state index is 0.200. The molecule has 0 saturated heterocycles. The van der Waals surface area contributed by atoms with Crippen LogP contribution in [0.25, 0.3) is 0 Å². The second-order valence-corrected chi connectivity index (χ2v) is 9.46. The van der Waals surface area contributed by atoms with Crippen LogP contribution in [-0.2, 0) is 21.1 Å². The molecular formula is C20H32O4S. The predicted octanol–water partition coefficient (Wildman–Crippen LogP) is 4.36. The molecule has 0 fully saturated rings. The number of hydrogen-bond donors (Lipinski definition) is 0. The zero-order chi connectivity index (χ0) is 18.7. The Morgan fingerprint density at radius 1 is 1.04 bits per heavy atom. The van der Waals surface area contributed by atoms with E-state index in [0.29, 0.717) is 19.3 Å². The van der Waals surface area contributed by atoms with Crippen LogP contribution in [0.5, 0.6) is 5.75 Å². The molecule has 0 bridgehead atoms. The lowest BCUT2D eigenvalue weighted by Gasteiger charge is -2.07. The normalized spacial score (nSPS) is 11.7. The second-order valence-electron chi connectivity index (χ2n) is 6.79. The molecule has 0 N–H and O–H groups in total. The van der Waals surface area contributed by atoms with Crippen LogP contribution in [0.3, 0.4) is 0 Å². The molecule has 0 heterocycles. The van der Waals surface area contributed by atoms with Crippen molar-refractivity contribution in [3.8, 4) is 5.75 Å². The Bertz CT molecular complexity index is 603. The lowest BCUT2D eigenvalue weighted by molar-refractivity contribution is -0.118. The summed E-state index contributed by atoms with van der Waals surface area (Å²) in [5.74, 6) is 1.26. The van der Waals surface area contributed by atoms with Gasteiger partial charge in [-0.1, -0.05) is 31.9 Å². The first-order valence-corrected chi connectivity index (χ1v) is 11.0. The molecule has 0 saturated carbocycles. The van der Waals surface area contributed by atoms with Crippen LogP contribution in [0.1, 0.15) is 64.9 Å². The number of unbranched alkanes of at least 4 members (excludes halogenated alkanes) is 3. The molecule has 0 aliphatic heterocycles. The Labute approximate surface area is 152 Å². The van der Waals surface area contributed by atoms with Gasteiger partial charge < -0.3 is 4.74 Å². The fourth-order valence-electron chi connectivity index (χ4n) is 2.39. The van der Waals surface area contributed by atoms with Gasteiger partial charge in [0.25, 0.3) is 0 Å². The summed E-state index contributed by atoms with van der Waals surface area (Å²) in [6.45, 7) is 6.26. The van der Waals surface area contributed by atoms with E-state index < -0.39 is 9.84 Å². The van der Waals surface area contributed by atoms with Gasteiger partial charge in [0, 0.05) is 12.8 Å². The molecule has 0 atom stereocenters. The van der Waals surface area contributed by atoms with Gasteiger partial charge in [-0.05, 0) is 50.8 Å². The number of rotatable bonds is 13. The highest BCUT2D eigenvalue weighted by Gasteiger charge is 2.15. The highest BCUT2D eigenvalue weighted by Crippen LogP contribution is 2.14. The maximum absolute atomic E-state index is 12.0. The van der Waals surface area contributed by atoms with Gasteiger partial charge in [0.05, 0.1) is 17.6 Å². The Balaban J connectivity index is 2.24. The van der Waals surface area contributed by atoms with Crippen LogP contribution in [0.4, 0.5) is 0 Å². The second kappa shape index (κ2) is 11.3. The van der Waals surface area contributed by atoms with Gasteiger partial charge in [0.2, 0.25) is 0 Å². The molecule has 1 aromatic rings. The molecule has 0 spiro atoms. The van der Waals surface area contributed by atoms with E-state index in [9.17, 15) is 13.2 Å². The van der Waals surface area contributed by atoms with Gasteiger partial charge in [0.15, 0.2) is 9.84 Å². The monoisotopic (exact) mass is 368 g/mol. The van der Waals surface area contributed by atoms with E-state index in [-0.39, 0.29) is 16.8 Å². The molecule has 4 nitrogen and oxygen atoms in total. The third kappa shape index (κ3) is 9.05. The fraction of sp³-hybridized carbons (Fsp3) is 0.650. The topological polar surface area (TPSA) is 60.4 Å². The van der Waals surface area contributed by atoms with Crippen molar-refractivity contribution in [3.63, 3.8) is 0 Å². The molecule has 1 aromatic carbocycles. The van der Waals surface area contributed by atoms with Gasteiger partial charge in [-0.15, -0.1) is 0 Å². The molecule has 0 radical (unpaired) electrons. The van der Waals surface area contributed by atoms with Crippen molar-refractivity contribution in [2.45, 2.75) is 71.0 Å². The molecule has 0 aromatic heterocycles. The molecule has 0 amide bonds. The van der Waals surface area contributed by atoms with E-state index in [4.69, 9.17) is 4.74 Å². The summed E-state index contributed by atoms with van der Waals surface area (Å²) in [5.41, 5.74) is 0.996. The van der Waals surface area contributed by atoms with Gasteiger partial charge in [-0.2, -0.15) is 0 Å². The molecule has 25 heavy (non-hydrogen) atoms. The van der Waals surface area contributed by atoms with Crippen molar-refractivity contribution in [2.75, 3.05) is 12.4 Å². The van der Waals surface area contributed by atoms with Gasteiger partial charge in [0.1, 0.15) is 11.5 Å². The third-order valence-corrected chi connectivity index (χ3v) is 6.49. The number of sulfone groups is 1. The van der Waals surface area contributed by atoms with Crippen LogP contribution in [0.15, 0.2) is 24.3 Å². The molecule has 5 heteroatoms. The number of hydrogen-bond acceptors (Lipinski definition) is 4. The molecule has 142 valence electrons. The molecule has 0 unspecified atom stereocenters. The average Bonchev–Trinajstić information content (AvgIpc) is 2.56. The number of carbonyl (C=O) groups excluding carboxylic acids is 1. The van der Waals surface area contributed by atoms with E-state index in [1.165, 1.54) is 0 Å². The zero-order valence-corrected chi connectivity index (χ0v) is 16.6. The molecule has 1 rings (SSSR count). The van der Waals surface area contributed by atoms with E-state index in [1.807, 2.05) is 24.3 Å². The zero-order valence-electron chi connectivity index (χ0n) is 15.8. The van der Waals surface area contributed by atoms with Gasteiger partial charge >= 0.3 is 0 Å². The Morgan fingerprint density at radius 2 is 1.72 bits per heavy atom. The van der Waals surface area contributed by atoms with E-state index in [0.717, 1.165) is 43.6 Å². The number of ketones is 1. The van der Waals surface area contributed by atoms with E-state index >= 15 is 0 Å². The molecule has 0 aliphatic rings. The molecule has 0 aliphatic carbocycles. The van der Waals surface area contributed by atoms with Gasteiger partial charge in [-0.25, -0.2) is 8.42 Å². The van der Waals surface area contributed by atoms with Crippen molar-refractivity contribution in [2.24, 2.45) is 0 Å². The standard InChI is InChI=1S/C20H32O4S/c1-4-5-14-24-20-12-10-18(11-13-20)16-19(21)9-7-6-8-15-25(22,23)17(2)3/h10-13,17H,4-9,14-16H2,1-3H3. The SMILES string of the molecule is CCCCOc1ccc(CC(=O)CCCCCS(=O)(=O)C(C)C)cc1. The van der Waals surface area contributed by atoms with Crippen LogP contribution in [0, 0.1) is 0 Å². The molecular weight excluding hydrogens is 336 g/mol. The highest BCUT2D eigenvalue weighted by molar-refractivity contribution is 7.91. The lowest BCUT2D eigenvalue weighted by Crippen LogP contribution is -2.17. The van der Waals surface area contributed by atoms with Gasteiger partial charge in [-0.3, -0.25) is 4.79 Å². The average molecular weight is 369 g/mol. The van der Waals surface area contributed by atoms with Crippen molar-refractivity contribution in [1.82, 2.24) is 0 Å². The summed E-state index contributed by atoms with van der Waals surface area (Å²) in [4.78, 5) is 12.0. The predicted molar refractivity (Wildman–Crippen MR) is 103 cm³/mol. The number of ether oxygens (including phenoxy) is 1. The number of Topliss-reactive ketones (excluding diaryl/α,β-unsaturated/α-hetero) is 1. The highest BCUT2D eigenvalue weighted by atomic mass is 32.2. The first kappa shape index (κ1) is 21.7. The van der Waals surface area contributed by atoms with Crippen LogP contribution < -0.4 is 4.74 Å². The van der Waals surface area contributed by atoms with Crippen LogP contribution >= 0.6 is 0 Å². The lowest BCUT2D eigenvalue weighted by atomic mass is 10.0. The maximum Gasteiger partial charge on any atom is 0.152 e. The summed E-state index contributed by atoms with van der Waals surface area (Å²) in [7, 11) is -2.96. The Kier molecular flexibility index (Phi) is 9.79. The third-order valence-electron chi connectivity index (χ3n) is 4.19. The summed E-state index contributed by atoms with van der Waals surface area (Å²) in [6.07, 6.45) is 5.26. The number of carbonyl (C=O) groups is 1. The van der Waals surface area contributed by atoms with Crippen molar-refractivity contribution < 1.29 is 17.9 Å². The van der Waals surface area contributed by atoms with Crippen molar-refractivity contribution in [1.29, 1.82) is 0 Å². The van der Waals surface area contributed by atoms with Crippen molar-refractivity contribution >= 4 is 15.6 Å².